The molecular formula is C12H18N4O2. The van der Waals surface area contributed by atoms with Crippen molar-refractivity contribution in [2.75, 3.05) is 25.0 Å². The summed E-state index contributed by atoms with van der Waals surface area (Å²) < 4.78 is 0. The molecule has 18 heavy (non-hydrogen) atoms. The summed E-state index contributed by atoms with van der Waals surface area (Å²) in [6.07, 6.45) is 3.71. The highest BCUT2D eigenvalue weighted by molar-refractivity contribution is 5.44. The van der Waals surface area contributed by atoms with Crippen LogP contribution in [-0.2, 0) is 0 Å². The number of nitro groups is 1. The molecule has 1 saturated heterocycles. The summed E-state index contributed by atoms with van der Waals surface area (Å²) in [6.45, 7) is 5.30. The molecule has 0 bridgehead atoms. The average Bonchev–Trinajstić information content (AvgIpc) is 2.39. The Kier molecular flexibility index (Phi) is 4.09. The van der Waals surface area contributed by atoms with Gasteiger partial charge in [-0.3, -0.25) is 10.1 Å². The summed E-state index contributed by atoms with van der Waals surface area (Å²) in [7, 11) is 0. The number of piperidine rings is 1. The van der Waals surface area contributed by atoms with Crippen LogP contribution < -0.4 is 5.32 Å². The zero-order chi connectivity index (χ0) is 13.0. The fraction of sp³-hybridized carbons (Fsp3) is 0.583. The molecule has 2 heterocycles. The van der Waals surface area contributed by atoms with Gasteiger partial charge in [0, 0.05) is 24.8 Å². The van der Waals surface area contributed by atoms with Gasteiger partial charge in [0.1, 0.15) is 5.82 Å². The summed E-state index contributed by atoms with van der Waals surface area (Å²) in [5.74, 6) is 0.590. The molecule has 98 valence electrons. The second kappa shape index (κ2) is 5.77. The van der Waals surface area contributed by atoms with E-state index in [0.29, 0.717) is 11.9 Å². The predicted molar refractivity (Wildman–Crippen MR) is 69.7 cm³/mol. The van der Waals surface area contributed by atoms with Crippen LogP contribution in [0.4, 0.5) is 11.5 Å². The quantitative estimate of drug-likeness (QED) is 0.652. The van der Waals surface area contributed by atoms with Crippen molar-refractivity contribution in [3.63, 3.8) is 0 Å². The third-order valence-corrected chi connectivity index (χ3v) is 3.26. The van der Waals surface area contributed by atoms with E-state index in [0.717, 1.165) is 32.5 Å². The first-order valence-electron chi connectivity index (χ1n) is 6.28. The smallest absolute Gasteiger partial charge is 0.274 e. The van der Waals surface area contributed by atoms with Gasteiger partial charge in [-0.2, -0.15) is 0 Å². The fourth-order valence-corrected chi connectivity index (χ4v) is 2.28. The summed E-state index contributed by atoms with van der Waals surface area (Å²) in [5.41, 5.74) is 0.0793. The van der Waals surface area contributed by atoms with Crippen LogP contribution in [0.15, 0.2) is 18.3 Å². The molecule has 1 aliphatic heterocycles. The highest BCUT2D eigenvalue weighted by Gasteiger charge is 2.19. The molecule has 2 rings (SSSR count). The Labute approximate surface area is 106 Å². The Morgan fingerprint density at radius 1 is 1.67 bits per heavy atom. The Morgan fingerprint density at radius 3 is 3.22 bits per heavy atom. The minimum absolute atomic E-state index is 0.0793. The number of likely N-dealkylation sites (tertiary alicyclic amines) is 1. The molecular weight excluding hydrogens is 232 g/mol. The number of hydrogen-bond donors (Lipinski definition) is 1. The van der Waals surface area contributed by atoms with Crippen molar-refractivity contribution in [1.82, 2.24) is 9.88 Å². The van der Waals surface area contributed by atoms with Crippen LogP contribution in [0.25, 0.3) is 0 Å². The zero-order valence-electron chi connectivity index (χ0n) is 10.5. The van der Waals surface area contributed by atoms with Crippen molar-refractivity contribution < 1.29 is 4.92 Å². The largest absolute Gasteiger partial charge is 0.366 e. The van der Waals surface area contributed by atoms with Crippen molar-refractivity contribution in [2.45, 2.75) is 25.8 Å². The molecule has 0 saturated carbocycles. The van der Waals surface area contributed by atoms with E-state index in [1.807, 2.05) is 0 Å². The van der Waals surface area contributed by atoms with Gasteiger partial charge in [0.2, 0.25) is 0 Å². The fourth-order valence-electron chi connectivity index (χ4n) is 2.28. The Bertz CT molecular complexity index is 424. The number of rotatable bonds is 4. The van der Waals surface area contributed by atoms with Crippen LogP contribution in [0.2, 0.25) is 0 Å². The van der Waals surface area contributed by atoms with E-state index in [1.54, 1.807) is 0 Å². The van der Waals surface area contributed by atoms with Crippen LogP contribution in [0, 0.1) is 10.1 Å². The molecule has 1 aromatic rings. The molecule has 1 fully saturated rings. The minimum atomic E-state index is -0.397. The molecule has 1 aromatic heterocycles. The Morgan fingerprint density at radius 2 is 2.50 bits per heavy atom. The Balaban J connectivity index is 2.00. The average molecular weight is 250 g/mol. The number of likely N-dealkylation sites (N-methyl/N-ethyl adjacent to an activating group) is 1. The lowest BCUT2D eigenvalue weighted by Gasteiger charge is -2.32. The molecule has 1 unspecified atom stereocenters. The second-order valence-electron chi connectivity index (χ2n) is 4.53. The summed E-state index contributed by atoms with van der Waals surface area (Å²) in [4.78, 5) is 16.8. The van der Waals surface area contributed by atoms with E-state index < -0.39 is 4.92 Å². The van der Waals surface area contributed by atoms with E-state index >= 15 is 0 Å². The first-order valence-corrected chi connectivity index (χ1v) is 6.28. The van der Waals surface area contributed by atoms with Crippen LogP contribution in [0.3, 0.4) is 0 Å². The van der Waals surface area contributed by atoms with Gasteiger partial charge in [-0.1, -0.05) is 6.92 Å². The summed E-state index contributed by atoms with van der Waals surface area (Å²) in [6, 6.07) is 3.23. The topological polar surface area (TPSA) is 71.3 Å². The third-order valence-electron chi connectivity index (χ3n) is 3.26. The molecule has 1 N–H and O–H groups in total. The minimum Gasteiger partial charge on any atom is -0.366 e. The normalized spacial score (nSPS) is 20.6. The first-order chi connectivity index (χ1) is 8.69. The summed E-state index contributed by atoms with van der Waals surface area (Å²) >= 11 is 0. The van der Waals surface area contributed by atoms with E-state index in [2.05, 4.69) is 22.1 Å². The van der Waals surface area contributed by atoms with E-state index in [4.69, 9.17) is 0 Å². The maximum absolute atomic E-state index is 10.7. The number of aromatic nitrogens is 1. The first kappa shape index (κ1) is 12.8. The van der Waals surface area contributed by atoms with Gasteiger partial charge in [-0.25, -0.2) is 4.98 Å². The Hall–Kier alpha value is -1.69. The van der Waals surface area contributed by atoms with Crippen LogP contribution in [0.1, 0.15) is 19.8 Å². The molecule has 1 atom stereocenters. The number of nitrogens with zero attached hydrogens (tertiary/aromatic N) is 3. The SMILES string of the molecule is CCN1CCCC(Nc2cc([N+](=O)[O-])ccn2)C1. The lowest BCUT2D eigenvalue weighted by molar-refractivity contribution is -0.384. The van der Waals surface area contributed by atoms with Gasteiger partial charge >= 0.3 is 0 Å². The van der Waals surface area contributed by atoms with Crippen LogP contribution >= 0.6 is 0 Å². The van der Waals surface area contributed by atoms with Crippen molar-refractivity contribution >= 4 is 11.5 Å². The van der Waals surface area contributed by atoms with Gasteiger partial charge in [-0.15, -0.1) is 0 Å². The molecule has 0 aliphatic carbocycles. The standard InChI is InChI=1S/C12H18N4O2/c1-2-15-7-3-4-10(9-15)14-12-8-11(16(17)18)5-6-13-12/h5-6,8,10H,2-4,7,9H2,1H3,(H,13,14). The molecule has 6 nitrogen and oxygen atoms in total. The lowest BCUT2D eigenvalue weighted by Crippen LogP contribution is -2.41. The van der Waals surface area contributed by atoms with Crippen molar-refractivity contribution in [3.05, 3.63) is 28.4 Å². The number of pyridine rings is 1. The van der Waals surface area contributed by atoms with Gasteiger partial charge in [0.25, 0.3) is 5.69 Å². The van der Waals surface area contributed by atoms with Crippen molar-refractivity contribution in [3.8, 4) is 0 Å². The van der Waals surface area contributed by atoms with Crippen molar-refractivity contribution in [2.24, 2.45) is 0 Å². The second-order valence-corrected chi connectivity index (χ2v) is 4.53. The molecule has 1 aliphatic rings. The number of anilines is 1. The molecule has 6 heteroatoms. The molecule has 0 spiro atoms. The van der Waals surface area contributed by atoms with E-state index in [1.165, 1.54) is 18.3 Å². The summed E-state index contributed by atoms with van der Waals surface area (Å²) in [5, 5.41) is 14.0. The van der Waals surface area contributed by atoms with Crippen molar-refractivity contribution in [1.29, 1.82) is 0 Å². The maximum atomic E-state index is 10.7. The van der Waals surface area contributed by atoms with Crippen LogP contribution in [0.5, 0.6) is 0 Å². The number of nitrogens with one attached hydrogen (secondary N) is 1. The third kappa shape index (κ3) is 3.16. The zero-order valence-corrected chi connectivity index (χ0v) is 10.5. The van der Waals surface area contributed by atoms with E-state index in [9.17, 15) is 10.1 Å². The van der Waals surface area contributed by atoms with Gasteiger partial charge in [0.15, 0.2) is 0 Å². The number of hydrogen-bond acceptors (Lipinski definition) is 5. The maximum Gasteiger partial charge on any atom is 0.274 e. The predicted octanol–water partition coefficient (Wildman–Crippen LogP) is 1.89. The van der Waals surface area contributed by atoms with E-state index in [-0.39, 0.29) is 5.69 Å². The molecule has 0 amide bonds. The molecule has 0 aromatic carbocycles. The van der Waals surface area contributed by atoms with Gasteiger partial charge in [-0.05, 0) is 25.9 Å². The lowest BCUT2D eigenvalue weighted by atomic mass is 10.1. The highest BCUT2D eigenvalue weighted by Crippen LogP contribution is 2.18. The van der Waals surface area contributed by atoms with Gasteiger partial charge in [0.05, 0.1) is 11.0 Å². The van der Waals surface area contributed by atoms with Gasteiger partial charge < -0.3 is 10.2 Å². The molecule has 0 radical (unpaired) electrons. The van der Waals surface area contributed by atoms with Crippen LogP contribution in [-0.4, -0.2) is 40.5 Å². The monoisotopic (exact) mass is 250 g/mol. The highest BCUT2D eigenvalue weighted by atomic mass is 16.6.